The number of ether oxygens (including phenoxy) is 1. The molecule has 1 saturated heterocycles. The van der Waals surface area contributed by atoms with Crippen LogP contribution >= 0.6 is 0 Å². The highest BCUT2D eigenvalue weighted by atomic mass is 16.5. The van der Waals surface area contributed by atoms with Crippen molar-refractivity contribution >= 4 is 0 Å². The summed E-state index contributed by atoms with van der Waals surface area (Å²) in [6.45, 7) is 8.51. The Labute approximate surface area is 123 Å². The van der Waals surface area contributed by atoms with Crippen LogP contribution in [0.3, 0.4) is 0 Å². The predicted molar refractivity (Wildman–Crippen MR) is 85.1 cm³/mol. The first kappa shape index (κ1) is 15.5. The number of aryl methyl sites for hydroxylation is 1. The molecule has 0 saturated carbocycles. The van der Waals surface area contributed by atoms with E-state index in [4.69, 9.17) is 4.74 Å². The molecule has 0 aliphatic carbocycles. The Morgan fingerprint density at radius 2 is 2.10 bits per heavy atom. The van der Waals surface area contributed by atoms with E-state index in [1.807, 2.05) is 0 Å². The van der Waals surface area contributed by atoms with Gasteiger partial charge in [0, 0.05) is 13.2 Å². The molecule has 1 aliphatic rings. The van der Waals surface area contributed by atoms with Gasteiger partial charge in [0.05, 0.1) is 0 Å². The third-order valence-corrected chi connectivity index (χ3v) is 4.30. The summed E-state index contributed by atoms with van der Waals surface area (Å²) in [5.41, 5.74) is 2.86. The van der Waals surface area contributed by atoms with Gasteiger partial charge in [0.1, 0.15) is 0 Å². The molecule has 1 fully saturated rings. The zero-order valence-corrected chi connectivity index (χ0v) is 13.0. The molecule has 2 heteroatoms. The SMILES string of the molecule is CCNCC(Cc1cccc(C)c1)CC1CCOCC1. The molecule has 1 aromatic rings. The molecule has 0 radical (unpaired) electrons. The van der Waals surface area contributed by atoms with Gasteiger partial charge in [-0.3, -0.25) is 0 Å². The predicted octanol–water partition coefficient (Wildman–Crippen LogP) is 3.58. The monoisotopic (exact) mass is 275 g/mol. The molecule has 0 bridgehead atoms. The quantitative estimate of drug-likeness (QED) is 0.821. The van der Waals surface area contributed by atoms with Gasteiger partial charge in [-0.2, -0.15) is 0 Å². The fourth-order valence-corrected chi connectivity index (χ4v) is 3.21. The first-order chi connectivity index (χ1) is 9.78. The van der Waals surface area contributed by atoms with Crippen molar-refractivity contribution in [1.82, 2.24) is 5.32 Å². The Hall–Kier alpha value is -0.860. The lowest BCUT2D eigenvalue weighted by molar-refractivity contribution is 0.0585. The molecule has 0 spiro atoms. The lowest BCUT2D eigenvalue weighted by Crippen LogP contribution is -2.27. The van der Waals surface area contributed by atoms with Crippen molar-refractivity contribution in [1.29, 1.82) is 0 Å². The normalized spacial score (nSPS) is 18.1. The van der Waals surface area contributed by atoms with Crippen LogP contribution in [0.1, 0.15) is 37.3 Å². The Morgan fingerprint density at radius 3 is 2.80 bits per heavy atom. The maximum atomic E-state index is 5.48. The van der Waals surface area contributed by atoms with E-state index < -0.39 is 0 Å². The first-order valence-electron chi connectivity index (χ1n) is 8.12. The summed E-state index contributed by atoms with van der Waals surface area (Å²) in [6.07, 6.45) is 5.03. The lowest BCUT2D eigenvalue weighted by atomic mass is 9.85. The number of nitrogens with one attached hydrogen (secondary N) is 1. The van der Waals surface area contributed by atoms with Gasteiger partial charge in [0.15, 0.2) is 0 Å². The second-order valence-corrected chi connectivity index (χ2v) is 6.16. The molecule has 1 unspecified atom stereocenters. The van der Waals surface area contributed by atoms with E-state index in [0.29, 0.717) is 0 Å². The number of hydrogen-bond donors (Lipinski definition) is 1. The Morgan fingerprint density at radius 1 is 1.30 bits per heavy atom. The van der Waals surface area contributed by atoms with Crippen LogP contribution in [0.4, 0.5) is 0 Å². The Bertz CT molecular complexity index is 385. The van der Waals surface area contributed by atoms with Crippen molar-refractivity contribution in [3.63, 3.8) is 0 Å². The zero-order chi connectivity index (χ0) is 14.2. The Kier molecular flexibility index (Phi) is 6.55. The maximum absolute atomic E-state index is 5.48. The van der Waals surface area contributed by atoms with E-state index in [2.05, 4.69) is 43.4 Å². The molecular formula is C18H29NO. The molecule has 2 rings (SSSR count). The molecule has 1 N–H and O–H groups in total. The highest BCUT2D eigenvalue weighted by molar-refractivity contribution is 5.22. The second-order valence-electron chi connectivity index (χ2n) is 6.16. The van der Waals surface area contributed by atoms with E-state index in [-0.39, 0.29) is 0 Å². The van der Waals surface area contributed by atoms with Crippen molar-refractivity contribution in [3.05, 3.63) is 35.4 Å². The molecule has 1 heterocycles. The van der Waals surface area contributed by atoms with Crippen molar-refractivity contribution < 1.29 is 4.74 Å². The van der Waals surface area contributed by atoms with E-state index in [1.54, 1.807) is 0 Å². The molecule has 1 aromatic carbocycles. The average Bonchev–Trinajstić information content (AvgIpc) is 2.46. The largest absolute Gasteiger partial charge is 0.381 e. The van der Waals surface area contributed by atoms with Gasteiger partial charge in [-0.15, -0.1) is 0 Å². The Balaban J connectivity index is 1.91. The van der Waals surface area contributed by atoms with Gasteiger partial charge in [0.2, 0.25) is 0 Å². The summed E-state index contributed by atoms with van der Waals surface area (Å²) in [4.78, 5) is 0. The van der Waals surface area contributed by atoms with Gasteiger partial charge in [-0.25, -0.2) is 0 Å². The van der Waals surface area contributed by atoms with Crippen molar-refractivity contribution in [2.24, 2.45) is 11.8 Å². The highest BCUT2D eigenvalue weighted by Crippen LogP contribution is 2.25. The van der Waals surface area contributed by atoms with Crippen LogP contribution in [-0.4, -0.2) is 26.3 Å². The average molecular weight is 275 g/mol. The summed E-state index contributed by atoms with van der Waals surface area (Å²) in [5.74, 6) is 1.61. The lowest BCUT2D eigenvalue weighted by Gasteiger charge is -2.27. The van der Waals surface area contributed by atoms with Gasteiger partial charge < -0.3 is 10.1 Å². The van der Waals surface area contributed by atoms with Crippen LogP contribution in [0.15, 0.2) is 24.3 Å². The van der Waals surface area contributed by atoms with Crippen LogP contribution in [0.2, 0.25) is 0 Å². The molecule has 1 atom stereocenters. The summed E-state index contributed by atoms with van der Waals surface area (Å²) >= 11 is 0. The minimum atomic E-state index is 0.750. The van der Waals surface area contributed by atoms with Gasteiger partial charge in [-0.1, -0.05) is 36.8 Å². The second kappa shape index (κ2) is 8.43. The maximum Gasteiger partial charge on any atom is 0.0468 e. The van der Waals surface area contributed by atoms with Crippen LogP contribution in [-0.2, 0) is 11.2 Å². The highest BCUT2D eigenvalue weighted by Gasteiger charge is 2.19. The summed E-state index contributed by atoms with van der Waals surface area (Å²) in [6, 6.07) is 8.98. The number of hydrogen-bond acceptors (Lipinski definition) is 2. The minimum Gasteiger partial charge on any atom is -0.381 e. The molecular weight excluding hydrogens is 246 g/mol. The number of rotatable bonds is 7. The summed E-state index contributed by atoms with van der Waals surface area (Å²) in [5, 5.41) is 3.54. The van der Waals surface area contributed by atoms with E-state index in [0.717, 1.165) is 38.1 Å². The molecule has 0 aromatic heterocycles. The van der Waals surface area contributed by atoms with Crippen LogP contribution in [0.25, 0.3) is 0 Å². The van der Waals surface area contributed by atoms with Crippen molar-refractivity contribution in [3.8, 4) is 0 Å². The van der Waals surface area contributed by atoms with Gasteiger partial charge >= 0.3 is 0 Å². The third kappa shape index (κ3) is 5.26. The molecule has 2 nitrogen and oxygen atoms in total. The third-order valence-electron chi connectivity index (χ3n) is 4.30. The first-order valence-corrected chi connectivity index (χ1v) is 8.12. The van der Waals surface area contributed by atoms with Crippen molar-refractivity contribution in [2.75, 3.05) is 26.3 Å². The van der Waals surface area contributed by atoms with Crippen LogP contribution in [0.5, 0.6) is 0 Å². The topological polar surface area (TPSA) is 21.3 Å². The molecule has 0 amide bonds. The molecule has 1 aliphatic heterocycles. The van der Waals surface area contributed by atoms with E-state index >= 15 is 0 Å². The zero-order valence-electron chi connectivity index (χ0n) is 13.0. The van der Waals surface area contributed by atoms with Gasteiger partial charge in [-0.05, 0) is 63.1 Å². The van der Waals surface area contributed by atoms with Crippen molar-refractivity contribution in [2.45, 2.75) is 39.5 Å². The summed E-state index contributed by atoms with van der Waals surface area (Å²) < 4.78 is 5.48. The fraction of sp³-hybridized carbons (Fsp3) is 0.667. The molecule has 20 heavy (non-hydrogen) atoms. The smallest absolute Gasteiger partial charge is 0.0468 e. The van der Waals surface area contributed by atoms with E-state index in [9.17, 15) is 0 Å². The van der Waals surface area contributed by atoms with Crippen LogP contribution < -0.4 is 5.32 Å². The number of benzene rings is 1. The van der Waals surface area contributed by atoms with E-state index in [1.165, 1.54) is 36.8 Å². The van der Waals surface area contributed by atoms with Crippen LogP contribution in [0, 0.1) is 18.8 Å². The minimum absolute atomic E-state index is 0.750. The van der Waals surface area contributed by atoms with Gasteiger partial charge in [0.25, 0.3) is 0 Å². The fourth-order valence-electron chi connectivity index (χ4n) is 3.21. The summed E-state index contributed by atoms with van der Waals surface area (Å²) in [7, 11) is 0. The molecule has 112 valence electrons. The standard InChI is InChI=1S/C18H29NO/c1-3-19-14-18(12-16-7-9-20-10-8-16)13-17-6-4-5-15(2)11-17/h4-6,11,16,18-19H,3,7-10,12-14H2,1-2H3.